The van der Waals surface area contributed by atoms with Crippen LogP contribution in [0.25, 0.3) is 0 Å². The van der Waals surface area contributed by atoms with Crippen LogP contribution in [0, 0.1) is 0 Å². The summed E-state index contributed by atoms with van der Waals surface area (Å²) in [6.45, 7) is 2.75. The van der Waals surface area contributed by atoms with Crippen LogP contribution >= 0.6 is 0 Å². The zero-order valence-corrected chi connectivity index (χ0v) is 18.7. The van der Waals surface area contributed by atoms with Gasteiger partial charge in [-0.25, -0.2) is 4.99 Å². The van der Waals surface area contributed by atoms with Crippen LogP contribution in [-0.2, 0) is 23.0 Å². The number of morpholine rings is 1. The number of aromatic nitrogens is 2. The third-order valence-electron chi connectivity index (χ3n) is 5.18. The summed E-state index contributed by atoms with van der Waals surface area (Å²) in [6, 6.07) is 8.03. The number of hydrogen-bond donors (Lipinski definition) is 1. The van der Waals surface area contributed by atoms with Gasteiger partial charge in [0.05, 0.1) is 26.5 Å². The molecule has 2 heterocycles. The fraction of sp³-hybridized carbons (Fsp3) is 0.500. The highest BCUT2D eigenvalue weighted by Gasteiger charge is 2.25. The number of carbonyl (C=O) groups is 1. The summed E-state index contributed by atoms with van der Waals surface area (Å²) < 4.78 is 12.9. The Morgan fingerprint density at radius 3 is 2.77 bits per heavy atom. The SMILES string of the molecule is COc1ccc(CCNC(=NCC(=O)N(C)C)N2CCOC(c3cnn(C)c3)C2)cc1. The summed E-state index contributed by atoms with van der Waals surface area (Å²) in [5.74, 6) is 1.53. The molecule has 1 atom stereocenters. The number of methoxy groups -OCH3 is 1. The first-order chi connectivity index (χ1) is 15.0. The van der Waals surface area contributed by atoms with E-state index < -0.39 is 0 Å². The molecule has 2 aromatic rings. The van der Waals surface area contributed by atoms with Crippen molar-refractivity contribution < 1.29 is 14.3 Å². The molecule has 1 fully saturated rings. The molecule has 0 radical (unpaired) electrons. The number of amides is 1. The van der Waals surface area contributed by atoms with Crippen LogP contribution in [-0.4, -0.2) is 85.4 Å². The van der Waals surface area contributed by atoms with Gasteiger partial charge in [0.25, 0.3) is 0 Å². The van der Waals surface area contributed by atoms with E-state index in [4.69, 9.17) is 9.47 Å². The molecule has 3 rings (SSSR count). The molecule has 1 saturated heterocycles. The lowest BCUT2D eigenvalue weighted by Crippen LogP contribution is -2.49. The molecule has 1 aromatic heterocycles. The number of rotatable bonds is 7. The molecule has 0 bridgehead atoms. The van der Waals surface area contributed by atoms with Crippen LogP contribution in [0.4, 0.5) is 0 Å². The third-order valence-corrected chi connectivity index (χ3v) is 5.18. The van der Waals surface area contributed by atoms with Gasteiger partial charge < -0.3 is 24.6 Å². The van der Waals surface area contributed by atoms with Gasteiger partial charge in [-0.15, -0.1) is 0 Å². The van der Waals surface area contributed by atoms with Crippen molar-refractivity contribution in [2.24, 2.45) is 12.0 Å². The number of ether oxygens (including phenoxy) is 2. The number of carbonyl (C=O) groups excluding carboxylic acids is 1. The largest absolute Gasteiger partial charge is 0.497 e. The molecular formula is C22H32N6O3. The smallest absolute Gasteiger partial charge is 0.243 e. The summed E-state index contributed by atoms with van der Waals surface area (Å²) in [5, 5.41) is 7.68. The van der Waals surface area contributed by atoms with Crippen LogP contribution in [0.2, 0.25) is 0 Å². The van der Waals surface area contributed by atoms with Crippen molar-refractivity contribution in [1.82, 2.24) is 24.9 Å². The number of nitrogens with zero attached hydrogens (tertiary/aromatic N) is 5. The van der Waals surface area contributed by atoms with E-state index in [0.717, 1.165) is 23.7 Å². The Labute approximate surface area is 183 Å². The Hall–Kier alpha value is -3.07. The molecule has 1 N–H and O–H groups in total. The second kappa shape index (κ2) is 10.8. The molecule has 168 valence electrons. The molecule has 1 unspecified atom stereocenters. The maximum Gasteiger partial charge on any atom is 0.243 e. The Balaban J connectivity index is 1.66. The molecule has 1 aliphatic rings. The summed E-state index contributed by atoms with van der Waals surface area (Å²) in [5.41, 5.74) is 2.24. The van der Waals surface area contributed by atoms with Gasteiger partial charge in [0.15, 0.2) is 5.96 Å². The first-order valence-electron chi connectivity index (χ1n) is 10.4. The molecular weight excluding hydrogens is 396 g/mol. The van der Waals surface area contributed by atoms with E-state index in [1.165, 1.54) is 5.56 Å². The number of guanidine groups is 1. The minimum atomic E-state index is -0.0828. The monoisotopic (exact) mass is 428 g/mol. The Morgan fingerprint density at radius 1 is 1.35 bits per heavy atom. The van der Waals surface area contributed by atoms with Crippen molar-refractivity contribution in [3.05, 3.63) is 47.8 Å². The van der Waals surface area contributed by atoms with Gasteiger partial charge >= 0.3 is 0 Å². The highest BCUT2D eigenvalue weighted by molar-refractivity contribution is 5.85. The van der Waals surface area contributed by atoms with Crippen LogP contribution < -0.4 is 10.1 Å². The summed E-state index contributed by atoms with van der Waals surface area (Å²) in [7, 11) is 7.03. The number of aliphatic imine (C=N–C) groups is 1. The Bertz CT molecular complexity index is 878. The maximum absolute atomic E-state index is 12.1. The van der Waals surface area contributed by atoms with E-state index in [-0.39, 0.29) is 18.6 Å². The molecule has 9 heteroatoms. The first kappa shape index (κ1) is 22.6. The Morgan fingerprint density at radius 2 is 2.13 bits per heavy atom. The van der Waals surface area contributed by atoms with Crippen LogP contribution in [0.15, 0.2) is 41.7 Å². The quantitative estimate of drug-likeness (QED) is 0.525. The second-order valence-electron chi connectivity index (χ2n) is 7.71. The topological polar surface area (TPSA) is 84.2 Å². The van der Waals surface area contributed by atoms with E-state index in [9.17, 15) is 4.79 Å². The molecule has 9 nitrogen and oxygen atoms in total. The predicted octanol–water partition coefficient (Wildman–Crippen LogP) is 1.08. The van der Waals surface area contributed by atoms with Crippen molar-refractivity contribution in [1.29, 1.82) is 0 Å². The fourth-order valence-corrected chi connectivity index (χ4v) is 3.31. The molecule has 1 aromatic carbocycles. The lowest BCUT2D eigenvalue weighted by Gasteiger charge is -2.35. The van der Waals surface area contributed by atoms with E-state index in [1.807, 2.05) is 31.6 Å². The predicted molar refractivity (Wildman–Crippen MR) is 119 cm³/mol. The van der Waals surface area contributed by atoms with E-state index in [1.54, 1.807) is 30.8 Å². The van der Waals surface area contributed by atoms with Crippen LogP contribution in [0.1, 0.15) is 17.2 Å². The van der Waals surface area contributed by atoms with E-state index >= 15 is 0 Å². The number of likely N-dealkylation sites (N-methyl/N-ethyl adjacent to an activating group) is 1. The van der Waals surface area contributed by atoms with Crippen molar-refractivity contribution in [3.8, 4) is 5.75 Å². The van der Waals surface area contributed by atoms with Gasteiger partial charge in [-0.05, 0) is 24.1 Å². The standard InChI is InChI=1S/C22H32N6O3/c1-26(2)21(29)14-24-22(23-10-9-17-5-7-19(30-4)8-6-17)28-11-12-31-20(16-28)18-13-25-27(3)15-18/h5-8,13,15,20H,9-12,14,16H2,1-4H3,(H,23,24). The lowest BCUT2D eigenvalue weighted by molar-refractivity contribution is -0.127. The van der Waals surface area contributed by atoms with Crippen molar-refractivity contribution in [2.45, 2.75) is 12.5 Å². The van der Waals surface area contributed by atoms with Crippen molar-refractivity contribution in [3.63, 3.8) is 0 Å². The van der Waals surface area contributed by atoms with Crippen molar-refractivity contribution >= 4 is 11.9 Å². The zero-order chi connectivity index (χ0) is 22.2. The number of aryl methyl sites for hydroxylation is 1. The number of benzene rings is 1. The third kappa shape index (κ3) is 6.45. The van der Waals surface area contributed by atoms with E-state index in [2.05, 4.69) is 32.4 Å². The maximum atomic E-state index is 12.1. The second-order valence-corrected chi connectivity index (χ2v) is 7.71. The minimum absolute atomic E-state index is 0.0356. The van der Waals surface area contributed by atoms with Gasteiger partial charge in [0, 0.05) is 46.0 Å². The molecule has 1 aliphatic heterocycles. The Kier molecular flexibility index (Phi) is 7.88. The van der Waals surface area contributed by atoms with Crippen LogP contribution in [0.5, 0.6) is 5.75 Å². The first-order valence-corrected chi connectivity index (χ1v) is 10.4. The number of nitrogens with one attached hydrogen (secondary N) is 1. The molecule has 1 amide bonds. The minimum Gasteiger partial charge on any atom is -0.497 e. The molecule has 31 heavy (non-hydrogen) atoms. The normalized spacial score (nSPS) is 16.8. The number of hydrogen-bond acceptors (Lipinski definition) is 5. The average Bonchev–Trinajstić information content (AvgIpc) is 3.22. The zero-order valence-electron chi connectivity index (χ0n) is 18.7. The van der Waals surface area contributed by atoms with Gasteiger partial charge in [-0.3, -0.25) is 9.48 Å². The van der Waals surface area contributed by atoms with Crippen LogP contribution in [0.3, 0.4) is 0 Å². The van der Waals surface area contributed by atoms with Gasteiger partial charge in [-0.1, -0.05) is 12.1 Å². The van der Waals surface area contributed by atoms with E-state index in [0.29, 0.717) is 26.2 Å². The highest BCUT2D eigenvalue weighted by Crippen LogP contribution is 2.21. The summed E-state index contributed by atoms with van der Waals surface area (Å²) >= 11 is 0. The molecule has 0 spiro atoms. The lowest BCUT2D eigenvalue weighted by atomic mass is 10.1. The fourth-order valence-electron chi connectivity index (χ4n) is 3.31. The average molecular weight is 429 g/mol. The molecule has 0 saturated carbocycles. The highest BCUT2D eigenvalue weighted by atomic mass is 16.5. The summed E-state index contributed by atoms with van der Waals surface area (Å²) in [6.07, 6.45) is 4.55. The van der Waals surface area contributed by atoms with Crippen molar-refractivity contribution in [2.75, 3.05) is 54.0 Å². The summed E-state index contributed by atoms with van der Waals surface area (Å²) in [4.78, 5) is 20.4. The van der Waals surface area contributed by atoms with Gasteiger partial charge in [-0.2, -0.15) is 5.10 Å². The van der Waals surface area contributed by atoms with Gasteiger partial charge in [0.1, 0.15) is 18.4 Å². The molecule has 0 aliphatic carbocycles. The van der Waals surface area contributed by atoms with Gasteiger partial charge in [0.2, 0.25) is 5.91 Å².